The molecule has 306 valence electrons. The summed E-state index contributed by atoms with van der Waals surface area (Å²) < 4.78 is 0. The van der Waals surface area contributed by atoms with E-state index in [2.05, 4.69) is 172 Å². The van der Waals surface area contributed by atoms with E-state index in [1.54, 1.807) is 0 Å². The van der Waals surface area contributed by atoms with Crippen molar-refractivity contribution in [3.8, 4) is 0 Å². The quantitative estimate of drug-likeness (QED) is 0.104. The van der Waals surface area contributed by atoms with Crippen LogP contribution >= 0.6 is 108 Å². The lowest BCUT2D eigenvalue weighted by atomic mass is 10.1. The van der Waals surface area contributed by atoms with Crippen LogP contribution in [0.2, 0.25) is 0 Å². The van der Waals surface area contributed by atoms with E-state index in [9.17, 15) is 0 Å². The van der Waals surface area contributed by atoms with Gasteiger partial charge in [-0.05, 0) is 168 Å². The van der Waals surface area contributed by atoms with E-state index in [4.69, 9.17) is 37.9 Å². The third-order valence-corrected chi connectivity index (χ3v) is 19.2. The van der Waals surface area contributed by atoms with Gasteiger partial charge in [0.1, 0.15) is 0 Å². The zero-order valence-corrected chi connectivity index (χ0v) is 42.8. The highest BCUT2D eigenvalue weighted by Gasteiger charge is 2.29. The summed E-state index contributed by atoms with van der Waals surface area (Å²) in [6, 6.07) is 40.6. The second kappa shape index (κ2) is 20.0. The molecular weight excluding hydrogens is 901 g/mol. The average Bonchev–Trinajstić information content (AvgIpc) is 3.21. The molecule has 0 aromatic heterocycles. The van der Waals surface area contributed by atoms with Gasteiger partial charge in [0.2, 0.25) is 0 Å². The van der Waals surface area contributed by atoms with Gasteiger partial charge in [0.05, 0.1) is 0 Å². The minimum Gasteiger partial charge on any atom is -0.143 e. The Hall–Kier alpha value is -2.31. The number of hydrogen-bond acceptors (Lipinski definition) is 9. The zero-order chi connectivity index (χ0) is 42.8. The van der Waals surface area contributed by atoms with E-state index in [0.717, 1.165) is 29.4 Å². The number of rotatable bonds is 12. The van der Waals surface area contributed by atoms with Crippen LogP contribution in [0.4, 0.5) is 0 Å². The number of benzene rings is 7. The molecular formula is C51H48S9. The molecule has 0 aliphatic heterocycles. The minimum atomic E-state index is 1.00. The van der Waals surface area contributed by atoms with Crippen LogP contribution in [0.15, 0.2) is 183 Å². The van der Waals surface area contributed by atoms with Crippen molar-refractivity contribution in [2.45, 2.75) is 136 Å². The van der Waals surface area contributed by atoms with Gasteiger partial charge >= 0.3 is 0 Å². The Morgan fingerprint density at radius 2 is 0.467 bits per heavy atom. The molecule has 7 aromatic carbocycles. The predicted molar refractivity (Wildman–Crippen MR) is 274 cm³/mol. The van der Waals surface area contributed by atoms with Crippen molar-refractivity contribution < 1.29 is 0 Å². The Morgan fingerprint density at radius 1 is 0.267 bits per heavy atom. The van der Waals surface area contributed by atoms with Crippen LogP contribution in [0.3, 0.4) is 0 Å². The normalized spacial score (nSPS) is 11.4. The maximum absolute atomic E-state index is 4.99. The number of aryl methyl sites for hydroxylation is 6. The molecule has 0 saturated carbocycles. The lowest BCUT2D eigenvalue weighted by Crippen LogP contribution is -1.98. The van der Waals surface area contributed by atoms with E-state index in [-0.39, 0.29) is 0 Å². The topological polar surface area (TPSA) is 0 Å². The summed E-state index contributed by atoms with van der Waals surface area (Å²) in [7, 11) is 0. The van der Waals surface area contributed by atoms with Gasteiger partial charge in [0.15, 0.2) is 0 Å². The van der Waals surface area contributed by atoms with Crippen molar-refractivity contribution in [3.63, 3.8) is 0 Å². The molecule has 7 aromatic rings. The summed E-state index contributed by atoms with van der Waals surface area (Å²) >= 11 is 26.1. The first kappa shape index (κ1) is 45.7. The van der Waals surface area contributed by atoms with Crippen molar-refractivity contribution in [1.29, 1.82) is 0 Å². The van der Waals surface area contributed by atoms with Gasteiger partial charge in [0, 0.05) is 73.4 Å². The molecule has 0 fully saturated rings. The summed E-state index contributed by atoms with van der Waals surface area (Å²) in [4.78, 5) is 17.5. The van der Waals surface area contributed by atoms with Gasteiger partial charge in [0.25, 0.3) is 0 Å². The molecule has 0 unspecified atom stereocenters. The molecule has 0 heterocycles. The summed E-state index contributed by atoms with van der Waals surface area (Å²) in [6.45, 7) is 19.5. The van der Waals surface area contributed by atoms with Gasteiger partial charge in [-0.25, -0.2) is 0 Å². The van der Waals surface area contributed by atoms with E-state index in [0.29, 0.717) is 0 Å². The molecule has 0 radical (unpaired) electrons. The Bertz CT molecular complexity index is 2310. The first-order valence-electron chi connectivity index (χ1n) is 19.5. The maximum Gasteiger partial charge on any atom is 0.0425 e. The SMILES string of the molecule is Cc1ccc(Sc2c(Sc3cc(C)c(C)c(S)c3)c(Sc3ccc(C)cc3)c(Sc3cc(C)c(C)c(S)c3)c(Sc3ccc(C)cc3)c2Sc2cc(C)c(C)c(S)c2)cc1. The van der Waals surface area contributed by atoms with E-state index in [1.807, 2.05) is 70.6 Å². The second-order valence-electron chi connectivity index (χ2n) is 15.2. The van der Waals surface area contributed by atoms with Gasteiger partial charge in [-0.1, -0.05) is 124 Å². The fraction of sp³-hybridized carbons (Fsp3) is 0.176. The Balaban J connectivity index is 1.63. The monoisotopic (exact) mass is 948 g/mol. The van der Waals surface area contributed by atoms with E-state index >= 15 is 0 Å². The standard InChI is InChI=1S/C51H48S9/c1-28-10-16-37(17-11-28)55-46-49(58-40-22-31(4)34(7)43(52)25-40)47(56-38-18-12-29(2)13-19-38)51(60-42-24-33(6)36(9)45(54)27-42)48(57-39-20-14-30(3)15-21-39)50(46)59-41-23-32(5)35(8)44(53)26-41/h10-27,52-54H,1-9H3. The average molecular weight is 950 g/mol. The lowest BCUT2D eigenvalue weighted by molar-refractivity contribution is 0.870. The molecule has 0 bridgehead atoms. The van der Waals surface area contributed by atoms with Crippen LogP contribution < -0.4 is 0 Å². The van der Waals surface area contributed by atoms with Crippen LogP contribution in [-0.2, 0) is 0 Å². The third-order valence-electron chi connectivity index (χ3n) is 10.5. The maximum atomic E-state index is 4.99. The Labute approximate surface area is 399 Å². The van der Waals surface area contributed by atoms with Crippen molar-refractivity contribution in [3.05, 3.63) is 159 Å². The molecule has 7 rings (SSSR count). The zero-order valence-electron chi connectivity index (χ0n) is 35.2. The molecule has 0 spiro atoms. The van der Waals surface area contributed by atoms with E-state index in [1.165, 1.54) is 94.1 Å². The van der Waals surface area contributed by atoms with Crippen molar-refractivity contribution in [2.24, 2.45) is 0 Å². The molecule has 60 heavy (non-hydrogen) atoms. The van der Waals surface area contributed by atoms with Crippen molar-refractivity contribution in [2.75, 3.05) is 0 Å². The molecule has 0 saturated heterocycles. The fourth-order valence-corrected chi connectivity index (χ4v) is 15.2. The Kier molecular flexibility index (Phi) is 15.3. The lowest BCUT2D eigenvalue weighted by Gasteiger charge is -2.26. The largest absolute Gasteiger partial charge is 0.143 e. The molecule has 0 aliphatic carbocycles. The fourth-order valence-electron chi connectivity index (χ4n) is 6.30. The van der Waals surface area contributed by atoms with Crippen LogP contribution in [0.5, 0.6) is 0 Å². The molecule has 0 amide bonds. The smallest absolute Gasteiger partial charge is 0.0425 e. The summed E-state index contributed by atoms with van der Waals surface area (Å²) in [6.07, 6.45) is 0. The van der Waals surface area contributed by atoms with Crippen LogP contribution in [0.1, 0.15) is 50.1 Å². The Morgan fingerprint density at radius 3 is 0.667 bits per heavy atom. The predicted octanol–water partition coefficient (Wildman–Crippen LogP) is 18.2. The van der Waals surface area contributed by atoms with Crippen molar-refractivity contribution in [1.82, 2.24) is 0 Å². The summed E-state index contributed by atoms with van der Waals surface area (Å²) in [5.41, 5.74) is 11.0. The van der Waals surface area contributed by atoms with Crippen LogP contribution in [-0.4, -0.2) is 0 Å². The highest BCUT2D eigenvalue weighted by Crippen LogP contribution is 2.60. The first-order valence-corrected chi connectivity index (χ1v) is 25.8. The van der Waals surface area contributed by atoms with Gasteiger partial charge in [-0.15, -0.1) is 37.9 Å². The van der Waals surface area contributed by atoms with Gasteiger partial charge < -0.3 is 0 Å². The van der Waals surface area contributed by atoms with Crippen LogP contribution in [0.25, 0.3) is 0 Å². The molecule has 0 atom stereocenters. The van der Waals surface area contributed by atoms with Crippen molar-refractivity contribution >= 4 is 108 Å². The first-order chi connectivity index (χ1) is 28.6. The number of hydrogen-bond donors (Lipinski definition) is 3. The van der Waals surface area contributed by atoms with Gasteiger partial charge in [-0.3, -0.25) is 0 Å². The number of thiol groups is 3. The second-order valence-corrected chi connectivity index (χ2v) is 23.1. The molecule has 0 nitrogen and oxygen atoms in total. The highest BCUT2D eigenvalue weighted by molar-refractivity contribution is 8.07. The van der Waals surface area contributed by atoms with Crippen LogP contribution in [0, 0.1) is 62.3 Å². The van der Waals surface area contributed by atoms with Gasteiger partial charge in [-0.2, -0.15) is 0 Å². The van der Waals surface area contributed by atoms with E-state index < -0.39 is 0 Å². The highest BCUT2D eigenvalue weighted by atomic mass is 32.2. The molecule has 0 N–H and O–H groups in total. The summed E-state index contributed by atoms with van der Waals surface area (Å²) in [5.74, 6) is 0. The summed E-state index contributed by atoms with van der Waals surface area (Å²) in [5, 5.41) is 0. The minimum absolute atomic E-state index is 1.00. The third kappa shape index (κ3) is 10.9. The molecule has 9 heteroatoms. The molecule has 0 aliphatic rings.